The van der Waals surface area contributed by atoms with Crippen molar-refractivity contribution in [2.75, 3.05) is 13.7 Å². The van der Waals surface area contributed by atoms with Gasteiger partial charge in [-0.3, -0.25) is 9.59 Å². The van der Waals surface area contributed by atoms with Gasteiger partial charge < -0.3 is 14.6 Å². The van der Waals surface area contributed by atoms with Crippen LogP contribution in [0.1, 0.15) is 28.8 Å². The molecule has 1 amide bonds. The summed E-state index contributed by atoms with van der Waals surface area (Å²) < 4.78 is 19.1. The van der Waals surface area contributed by atoms with Crippen LogP contribution in [0.5, 0.6) is 0 Å². The molecule has 0 aliphatic heterocycles. The zero-order chi connectivity index (χ0) is 17.7. The molecule has 0 saturated heterocycles. The summed E-state index contributed by atoms with van der Waals surface area (Å²) in [5, 5.41) is 0. The van der Waals surface area contributed by atoms with Crippen molar-refractivity contribution in [2.45, 2.75) is 26.4 Å². The van der Waals surface area contributed by atoms with E-state index in [1.54, 1.807) is 32.0 Å². The van der Waals surface area contributed by atoms with Crippen molar-refractivity contribution in [2.24, 2.45) is 0 Å². The van der Waals surface area contributed by atoms with E-state index in [-0.39, 0.29) is 24.9 Å². The molecule has 1 aromatic heterocycles. The number of benzene rings is 1. The number of hydrogen-bond acceptors (Lipinski definition) is 4. The van der Waals surface area contributed by atoms with E-state index in [9.17, 15) is 14.0 Å². The quantitative estimate of drug-likeness (QED) is 0.876. The SMILES string of the molecule is COCC(C)N(Cc1ccccc1F)C(=O)c1cc(=O)[nH]c(C)n1. The molecule has 0 aliphatic carbocycles. The number of nitrogens with one attached hydrogen (secondary N) is 1. The molecule has 0 radical (unpaired) electrons. The van der Waals surface area contributed by atoms with E-state index >= 15 is 0 Å². The lowest BCUT2D eigenvalue weighted by Crippen LogP contribution is -2.41. The molecular formula is C17H20FN3O3. The zero-order valence-electron chi connectivity index (χ0n) is 13.9. The fraction of sp³-hybridized carbons (Fsp3) is 0.353. The van der Waals surface area contributed by atoms with Crippen LogP contribution >= 0.6 is 0 Å². The summed E-state index contributed by atoms with van der Waals surface area (Å²) in [6, 6.07) is 7.08. The van der Waals surface area contributed by atoms with Crippen molar-refractivity contribution >= 4 is 5.91 Å². The number of amides is 1. The number of carbonyl (C=O) groups is 1. The van der Waals surface area contributed by atoms with Gasteiger partial charge in [0.2, 0.25) is 0 Å². The molecule has 0 saturated carbocycles. The minimum atomic E-state index is -0.447. The van der Waals surface area contributed by atoms with Gasteiger partial charge in [-0.1, -0.05) is 18.2 Å². The van der Waals surface area contributed by atoms with Gasteiger partial charge in [0, 0.05) is 25.3 Å². The van der Waals surface area contributed by atoms with Gasteiger partial charge in [0.25, 0.3) is 11.5 Å². The number of carbonyl (C=O) groups excluding carboxylic acids is 1. The summed E-state index contributed by atoms with van der Waals surface area (Å²) >= 11 is 0. The van der Waals surface area contributed by atoms with Crippen molar-refractivity contribution in [1.29, 1.82) is 0 Å². The van der Waals surface area contributed by atoms with E-state index in [2.05, 4.69) is 9.97 Å². The average Bonchev–Trinajstić information content (AvgIpc) is 2.52. The Bertz CT molecular complexity index is 776. The molecule has 6 nitrogen and oxygen atoms in total. The number of hydrogen-bond donors (Lipinski definition) is 1. The van der Waals surface area contributed by atoms with Crippen LogP contribution in [-0.2, 0) is 11.3 Å². The molecule has 0 spiro atoms. The van der Waals surface area contributed by atoms with Crippen LogP contribution in [-0.4, -0.2) is 40.5 Å². The number of ether oxygens (including phenoxy) is 1. The smallest absolute Gasteiger partial charge is 0.273 e. The number of aromatic nitrogens is 2. The maximum Gasteiger partial charge on any atom is 0.273 e. The van der Waals surface area contributed by atoms with E-state index in [1.807, 2.05) is 0 Å². The van der Waals surface area contributed by atoms with Crippen molar-refractivity contribution < 1.29 is 13.9 Å². The first-order valence-electron chi connectivity index (χ1n) is 7.53. The first-order chi connectivity index (χ1) is 11.4. The molecule has 1 heterocycles. The van der Waals surface area contributed by atoms with Gasteiger partial charge in [-0.05, 0) is 19.9 Å². The van der Waals surface area contributed by atoms with Crippen LogP contribution in [0.25, 0.3) is 0 Å². The van der Waals surface area contributed by atoms with Crippen molar-refractivity contribution in [3.8, 4) is 0 Å². The van der Waals surface area contributed by atoms with Crippen LogP contribution in [0.4, 0.5) is 4.39 Å². The van der Waals surface area contributed by atoms with Gasteiger partial charge >= 0.3 is 0 Å². The van der Waals surface area contributed by atoms with Gasteiger partial charge in [0.1, 0.15) is 17.3 Å². The number of rotatable bonds is 6. The summed E-state index contributed by atoms with van der Waals surface area (Å²) in [7, 11) is 1.53. The second-order valence-corrected chi connectivity index (χ2v) is 5.54. The molecule has 1 aromatic carbocycles. The maximum atomic E-state index is 14.0. The highest BCUT2D eigenvalue weighted by atomic mass is 19.1. The monoisotopic (exact) mass is 333 g/mol. The molecule has 7 heteroatoms. The number of H-pyrrole nitrogens is 1. The topological polar surface area (TPSA) is 75.3 Å². The third-order valence-corrected chi connectivity index (χ3v) is 3.58. The van der Waals surface area contributed by atoms with Crippen LogP contribution < -0.4 is 5.56 Å². The first kappa shape index (κ1) is 17.8. The standard InChI is InChI=1S/C17H20FN3O3/c1-11(10-24-3)21(9-13-6-4-5-7-14(13)18)17(23)15-8-16(22)20-12(2)19-15/h4-8,11H,9-10H2,1-3H3,(H,19,20,22). The predicted octanol–water partition coefficient (Wildman–Crippen LogP) is 1.89. The van der Waals surface area contributed by atoms with E-state index in [1.165, 1.54) is 18.1 Å². The maximum absolute atomic E-state index is 14.0. The Kier molecular flexibility index (Phi) is 5.81. The van der Waals surface area contributed by atoms with Crippen LogP contribution in [0, 0.1) is 12.7 Å². The average molecular weight is 333 g/mol. The molecule has 128 valence electrons. The summed E-state index contributed by atoms with van der Waals surface area (Å²) in [4.78, 5) is 32.4. The van der Waals surface area contributed by atoms with Crippen molar-refractivity contribution in [3.63, 3.8) is 0 Å². The molecule has 1 unspecified atom stereocenters. The molecule has 24 heavy (non-hydrogen) atoms. The highest BCUT2D eigenvalue weighted by Crippen LogP contribution is 2.15. The van der Waals surface area contributed by atoms with Crippen LogP contribution in [0.3, 0.4) is 0 Å². The van der Waals surface area contributed by atoms with Gasteiger partial charge in [-0.25, -0.2) is 9.37 Å². The number of nitrogens with zero attached hydrogens (tertiary/aromatic N) is 2. The lowest BCUT2D eigenvalue weighted by molar-refractivity contribution is 0.0533. The van der Waals surface area contributed by atoms with Crippen molar-refractivity contribution in [1.82, 2.24) is 14.9 Å². The second-order valence-electron chi connectivity index (χ2n) is 5.54. The molecule has 1 N–H and O–H groups in total. The highest BCUT2D eigenvalue weighted by Gasteiger charge is 2.24. The Morgan fingerprint density at radius 2 is 2.12 bits per heavy atom. The Morgan fingerprint density at radius 3 is 2.75 bits per heavy atom. The normalized spacial score (nSPS) is 12.0. The molecule has 0 aliphatic rings. The molecule has 1 atom stereocenters. The predicted molar refractivity (Wildman–Crippen MR) is 87.2 cm³/mol. The number of aromatic amines is 1. The molecule has 2 aromatic rings. The number of halogens is 1. The first-order valence-corrected chi connectivity index (χ1v) is 7.53. The van der Waals surface area contributed by atoms with Gasteiger partial charge in [0.05, 0.1) is 12.6 Å². The fourth-order valence-corrected chi connectivity index (χ4v) is 2.41. The van der Waals surface area contributed by atoms with E-state index in [0.29, 0.717) is 11.4 Å². The third kappa shape index (κ3) is 4.26. The number of aryl methyl sites for hydroxylation is 1. The Labute approximate surface area is 139 Å². The minimum Gasteiger partial charge on any atom is -0.383 e. The van der Waals surface area contributed by atoms with Crippen LogP contribution in [0.15, 0.2) is 35.1 Å². The lowest BCUT2D eigenvalue weighted by atomic mass is 10.1. The second kappa shape index (κ2) is 7.83. The van der Waals surface area contributed by atoms with E-state index in [4.69, 9.17) is 4.74 Å². The Hall–Kier alpha value is -2.54. The Morgan fingerprint density at radius 1 is 1.42 bits per heavy atom. The summed E-state index contributed by atoms with van der Waals surface area (Å²) in [5.74, 6) is -0.497. The minimum absolute atomic E-state index is 0.0237. The lowest BCUT2D eigenvalue weighted by Gasteiger charge is -2.29. The van der Waals surface area contributed by atoms with E-state index in [0.717, 1.165) is 6.07 Å². The van der Waals surface area contributed by atoms with Gasteiger partial charge in [0.15, 0.2) is 0 Å². The van der Waals surface area contributed by atoms with Crippen molar-refractivity contribution in [3.05, 3.63) is 63.6 Å². The summed E-state index contributed by atoms with van der Waals surface area (Å²) in [6.07, 6.45) is 0. The van der Waals surface area contributed by atoms with Crippen LogP contribution in [0.2, 0.25) is 0 Å². The van der Waals surface area contributed by atoms with E-state index < -0.39 is 17.3 Å². The third-order valence-electron chi connectivity index (χ3n) is 3.58. The molecule has 2 rings (SSSR count). The fourth-order valence-electron chi connectivity index (χ4n) is 2.41. The Balaban J connectivity index is 2.36. The summed E-state index contributed by atoms with van der Waals surface area (Å²) in [6.45, 7) is 3.73. The zero-order valence-corrected chi connectivity index (χ0v) is 13.9. The largest absolute Gasteiger partial charge is 0.383 e. The highest BCUT2D eigenvalue weighted by molar-refractivity contribution is 5.92. The van der Waals surface area contributed by atoms with Gasteiger partial charge in [-0.2, -0.15) is 0 Å². The molecule has 0 fully saturated rings. The summed E-state index contributed by atoms with van der Waals surface area (Å²) in [5.41, 5.74) is 0.00185. The molecule has 0 bridgehead atoms. The van der Waals surface area contributed by atoms with Gasteiger partial charge in [-0.15, -0.1) is 0 Å². The number of methoxy groups -OCH3 is 1. The molecular weight excluding hydrogens is 313 g/mol.